The van der Waals surface area contributed by atoms with E-state index < -0.39 is 0 Å². The first-order valence-electron chi connectivity index (χ1n) is 8.90. The van der Waals surface area contributed by atoms with Gasteiger partial charge in [-0.05, 0) is 43.2 Å². The number of nitro benzene ring substituents is 1. The number of carbonyl (C=O) groups is 1. The number of nitrogens with zero attached hydrogens (tertiary/aromatic N) is 3. The Morgan fingerprint density at radius 1 is 1.04 bits per heavy atom. The maximum atomic E-state index is 12.8. The summed E-state index contributed by atoms with van der Waals surface area (Å²) in [6.07, 6.45) is 4.93. The van der Waals surface area contributed by atoms with E-state index >= 15 is 0 Å². The van der Waals surface area contributed by atoms with Crippen LogP contribution in [0.3, 0.4) is 0 Å². The second-order valence-corrected chi connectivity index (χ2v) is 7.37. The van der Waals surface area contributed by atoms with E-state index in [1.54, 1.807) is 24.3 Å². The number of hydrogen-bond acceptors (Lipinski definition) is 4. The monoisotopic (exact) mass is 329 g/mol. The van der Waals surface area contributed by atoms with E-state index in [0.717, 1.165) is 44.2 Å². The minimum absolute atomic E-state index is 0.115. The summed E-state index contributed by atoms with van der Waals surface area (Å²) < 4.78 is 0. The van der Waals surface area contributed by atoms with Gasteiger partial charge in [0.1, 0.15) is 0 Å². The van der Waals surface area contributed by atoms with E-state index in [2.05, 4.69) is 4.90 Å². The maximum absolute atomic E-state index is 12.8. The van der Waals surface area contributed by atoms with Crippen LogP contribution in [0, 0.1) is 27.9 Å². The molecule has 128 valence electrons. The Labute approximate surface area is 141 Å². The number of fused-ring (bicyclic) bond motifs is 2. The summed E-state index contributed by atoms with van der Waals surface area (Å²) in [5, 5.41) is 10.7. The molecular weight excluding hydrogens is 306 g/mol. The van der Waals surface area contributed by atoms with Crippen LogP contribution in [0.15, 0.2) is 24.3 Å². The Kier molecular flexibility index (Phi) is 3.90. The molecule has 3 fully saturated rings. The Bertz CT molecular complexity index is 637. The fourth-order valence-electron chi connectivity index (χ4n) is 4.75. The summed E-state index contributed by atoms with van der Waals surface area (Å²) in [7, 11) is 0. The highest BCUT2D eigenvalue weighted by atomic mass is 16.6. The van der Waals surface area contributed by atoms with Crippen LogP contribution in [0.25, 0.3) is 0 Å². The van der Waals surface area contributed by atoms with Gasteiger partial charge < -0.3 is 9.80 Å². The molecule has 1 saturated heterocycles. The van der Waals surface area contributed by atoms with Gasteiger partial charge in [-0.25, -0.2) is 0 Å². The van der Waals surface area contributed by atoms with Crippen LogP contribution in [-0.2, 0) is 4.79 Å². The van der Waals surface area contributed by atoms with Gasteiger partial charge in [-0.3, -0.25) is 14.9 Å². The second kappa shape index (κ2) is 6.07. The summed E-state index contributed by atoms with van der Waals surface area (Å²) in [5.74, 6) is 2.07. The van der Waals surface area contributed by atoms with Crippen molar-refractivity contribution in [2.45, 2.75) is 25.7 Å². The molecule has 2 bridgehead atoms. The average Bonchev–Trinajstić information content (AvgIpc) is 3.25. The van der Waals surface area contributed by atoms with Crippen molar-refractivity contribution in [1.29, 1.82) is 0 Å². The molecule has 0 aromatic heterocycles. The predicted octanol–water partition coefficient (Wildman–Crippen LogP) is 2.68. The number of hydrogen-bond donors (Lipinski definition) is 0. The number of carbonyl (C=O) groups excluding carboxylic acids is 1. The first-order valence-corrected chi connectivity index (χ1v) is 8.90. The Hall–Kier alpha value is -2.11. The molecular formula is C18H23N3O3. The third-order valence-electron chi connectivity index (χ3n) is 6.07. The van der Waals surface area contributed by atoms with Crippen molar-refractivity contribution in [2.24, 2.45) is 17.8 Å². The smallest absolute Gasteiger partial charge is 0.269 e. The van der Waals surface area contributed by atoms with E-state index in [1.807, 2.05) is 4.90 Å². The average molecular weight is 329 g/mol. The second-order valence-electron chi connectivity index (χ2n) is 7.37. The first kappa shape index (κ1) is 15.4. The number of non-ortho nitro benzene ring substituents is 1. The molecule has 6 heteroatoms. The third kappa shape index (κ3) is 2.74. The molecule has 1 aromatic carbocycles. The maximum Gasteiger partial charge on any atom is 0.269 e. The van der Waals surface area contributed by atoms with Gasteiger partial charge in [-0.15, -0.1) is 0 Å². The van der Waals surface area contributed by atoms with Crippen LogP contribution in [0.5, 0.6) is 0 Å². The van der Waals surface area contributed by atoms with Gasteiger partial charge in [0.2, 0.25) is 5.91 Å². The number of anilines is 1. The number of rotatable bonds is 3. The molecule has 1 heterocycles. The van der Waals surface area contributed by atoms with Crippen molar-refractivity contribution in [1.82, 2.24) is 4.90 Å². The lowest BCUT2D eigenvalue weighted by Gasteiger charge is -2.38. The third-order valence-corrected chi connectivity index (χ3v) is 6.07. The van der Waals surface area contributed by atoms with Crippen LogP contribution in [-0.4, -0.2) is 41.9 Å². The molecule has 6 nitrogen and oxygen atoms in total. The zero-order valence-corrected chi connectivity index (χ0v) is 13.8. The first-order chi connectivity index (χ1) is 11.6. The van der Waals surface area contributed by atoms with Crippen molar-refractivity contribution >= 4 is 17.3 Å². The van der Waals surface area contributed by atoms with Gasteiger partial charge in [-0.2, -0.15) is 0 Å². The normalized spacial score (nSPS) is 29.1. The van der Waals surface area contributed by atoms with Crippen LogP contribution in [0.1, 0.15) is 25.7 Å². The minimum Gasteiger partial charge on any atom is -0.368 e. The van der Waals surface area contributed by atoms with Crippen LogP contribution >= 0.6 is 0 Å². The van der Waals surface area contributed by atoms with E-state index in [-0.39, 0.29) is 16.5 Å². The molecule has 2 aliphatic carbocycles. The molecule has 1 amide bonds. The standard InChI is InChI=1S/C18H23N3O3/c22-18(17-12-13-1-2-14(17)11-13)20-9-7-19(8-10-20)15-3-5-16(6-4-15)21(23)24/h3-6,13-14,17H,1-2,7-12H2/t13-,14+,17+/m0/s1. The fourth-order valence-corrected chi connectivity index (χ4v) is 4.75. The van der Waals surface area contributed by atoms with Gasteiger partial charge in [0.05, 0.1) is 4.92 Å². The lowest BCUT2D eigenvalue weighted by atomic mass is 9.87. The zero-order valence-electron chi connectivity index (χ0n) is 13.8. The summed E-state index contributed by atoms with van der Waals surface area (Å²) in [5.41, 5.74) is 1.11. The number of piperazine rings is 1. The lowest BCUT2D eigenvalue weighted by Crippen LogP contribution is -2.51. The van der Waals surface area contributed by atoms with Gasteiger partial charge in [0.15, 0.2) is 0 Å². The van der Waals surface area contributed by atoms with Crippen LogP contribution < -0.4 is 4.90 Å². The molecule has 3 atom stereocenters. The highest BCUT2D eigenvalue weighted by Crippen LogP contribution is 2.48. The van der Waals surface area contributed by atoms with Gasteiger partial charge in [-0.1, -0.05) is 6.42 Å². The molecule has 0 spiro atoms. The fraction of sp³-hybridized carbons (Fsp3) is 0.611. The van der Waals surface area contributed by atoms with Crippen LogP contribution in [0.2, 0.25) is 0 Å². The quantitative estimate of drug-likeness (QED) is 0.632. The number of amides is 1. The highest BCUT2D eigenvalue weighted by Gasteiger charge is 2.44. The van der Waals surface area contributed by atoms with E-state index in [0.29, 0.717) is 11.8 Å². The molecule has 0 unspecified atom stereocenters. The van der Waals surface area contributed by atoms with Crippen molar-refractivity contribution < 1.29 is 9.72 Å². The predicted molar refractivity (Wildman–Crippen MR) is 90.8 cm³/mol. The minimum atomic E-state index is -0.379. The van der Waals surface area contributed by atoms with Crippen molar-refractivity contribution in [3.8, 4) is 0 Å². The van der Waals surface area contributed by atoms with Gasteiger partial charge in [0.25, 0.3) is 5.69 Å². The van der Waals surface area contributed by atoms with Crippen LogP contribution in [0.4, 0.5) is 11.4 Å². The topological polar surface area (TPSA) is 66.7 Å². The number of benzene rings is 1. The lowest BCUT2D eigenvalue weighted by molar-refractivity contribution is -0.384. The molecule has 1 aromatic rings. The Balaban J connectivity index is 1.34. The Morgan fingerprint density at radius 2 is 1.75 bits per heavy atom. The summed E-state index contributed by atoms with van der Waals surface area (Å²) in [4.78, 5) is 27.4. The molecule has 3 aliphatic rings. The molecule has 0 N–H and O–H groups in total. The van der Waals surface area contributed by atoms with Gasteiger partial charge >= 0.3 is 0 Å². The van der Waals surface area contributed by atoms with Crippen molar-refractivity contribution in [3.05, 3.63) is 34.4 Å². The summed E-state index contributed by atoms with van der Waals surface area (Å²) >= 11 is 0. The molecule has 4 rings (SSSR count). The molecule has 24 heavy (non-hydrogen) atoms. The highest BCUT2D eigenvalue weighted by molar-refractivity contribution is 5.80. The molecule has 1 aliphatic heterocycles. The largest absolute Gasteiger partial charge is 0.368 e. The molecule has 2 saturated carbocycles. The van der Waals surface area contributed by atoms with Crippen molar-refractivity contribution in [2.75, 3.05) is 31.1 Å². The SMILES string of the molecule is O=C([C@@H]1C[C@H]2CC[C@@H]1C2)N1CCN(c2ccc([N+](=O)[O-])cc2)CC1. The summed E-state index contributed by atoms with van der Waals surface area (Å²) in [6.45, 7) is 3.10. The van der Waals surface area contributed by atoms with Crippen molar-refractivity contribution in [3.63, 3.8) is 0 Å². The number of nitro groups is 1. The van der Waals surface area contributed by atoms with E-state index in [1.165, 1.54) is 19.3 Å². The summed E-state index contributed by atoms with van der Waals surface area (Å²) in [6, 6.07) is 6.68. The van der Waals surface area contributed by atoms with E-state index in [4.69, 9.17) is 0 Å². The molecule has 0 radical (unpaired) electrons. The zero-order chi connectivity index (χ0) is 16.7. The Morgan fingerprint density at radius 3 is 2.29 bits per heavy atom. The van der Waals surface area contributed by atoms with E-state index in [9.17, 15) is 14.9 Å². The van der Waals surface area contributed by atoms with Gasteiger partial charge in [0, 0.05) is 49.9 Å².